The first-order chi connectivity index (χ1) is 13.2. The van der Waals surface area contributed by atoms with Gasteiger partial charge in [-0.1, -0.05) is 0 Å². The molecule has 140 valence electrons. The Morgan fingerprint density at radius 3 is 2.59 bits per heavy atom. The van der Waals surface area contributed by atoms with E-state index >= 15 is 0 Å². The Morgan fingerprint density at radius 2 is 2.00 bits per heavy atom. The predicted molar refractivity (Wildman–Crippen MR) is 101 cm³/mol. The zero-order chi connectivity index (χ0) is 19.6. The topological polar surface area (TPSA) is 138 Å². The van der Waals surface area contributed by atoms with Crippen LogP contribution in [0.5, 0.6) is 5.75 Å². The molecule has 0 saturated heterocycles. The van der Waals surface area contributed by atoms with Gasteiger partial charge in [-0.15, -0.1) is 11.8 Å². The maximum absolute atomic E-state index is 9.61. The van der Waals surface area contributed by atoms with E-state index in [9.17, 15) is 10.5 Å². The van der Waals surface area contributed by atoms with E-state index in [1.165, 1.54) is 18.0 Å². The second kappa shape index (κ2) is 10.3. The first kappa shape index (κ1) is 20.5. The van der Waals surface area contributed by atoms with Gasteiger partial charge in [0.05, 0.1) is 30.7 Å². The van der Waals surface area contributed by atoms with Crippen molar-refractivity contribution in [2.24, 2.45) is 0 Å². The Hall–Kier alpha value is -2.85. The van der Waals surface area contributed by atoms with Gasteiger partial charge < -0.3 is 20.3 Å². The van der Waals surface area contributed by atoms with Crippen molar-refractivity contribution < 1.29 is 14.6 Å². The van der Waals surface area contributed by atoms with E-state index in [1.807, 2.05) is 13.0 Å². The van der Waals surface area contributed by atoms with Crippen LogP contribution in [0.4, 0.5) is 5.82 Å². The Balaban J connectivity index is 2.40. The van der Waals surface area contributed by atoms with Gasteiger partial charge in [-0.3, -0.25) is 4.98 Å². The number of ether oxygens (including phenoxy) is 2. The highest BCUT2D eigenvalue weighted by molar-refractivity contribution is 7.99. The Labute approximate surface area is 161 Å². The molecular weight excluding hydrogens is 366 g/mol. The summed E-state index contributed by atoms with van der Waals surface area (Å²) >= 11 is 1.19. The molecule has 2 aromatic rings. The number of anilines is 1. The third kappa shape index (κ3) is 5.08. The number of hydrogen-bond donors (Lipinski definition) is 2. The summed E-state index contributed by atoms with van der Waals surface area (Å²) in [5, 5.41) is 28.5. The molecule has 8 nitrogen and oxygen atoms in total. The number of nitrogens with two attached hydrogens (primary N) is 1. The van der Waals surface area contributed by atoms with Crippen LogP contribution in [0.3, 0.4) is 0 Å². The summed E-state index contributed by atoms with van der Waals surface area (Å²) < 4.78 is 10.7. The zero-order valence-corrected chi connectivity index (χ0v) is 15.6. The highest BCUT2D eigenvalue weighted by Crippen LogP contribution is 2.35. The first-order valence-electron chi connectivity index (χ1n) is 8.20. The molecule has 0 bridgehead atoms. The van der Waals surface area contributed by atoms with Crippen LogP contribution in [-0.2, 0) is 4.74 Å². The van der Waals surface area contributed by atoms with E-state index in [-0.39, 0.29) is 23.6 Å². The van der Waals surface area contributed by atoms with Crippen LogP contribution in [0.15, 0.2) is 23.4 Å². The molecule has 0 aliphatic rings. The fraction of sp³-hybridized carbons (Fsp3) is 0.333. The van der Waals surface area contributed by atoms with Crippen LogP contribution in [0.25, 0.3) is 11.3 Å². The van der Waals surface area contributed by atoms with Crippen LogP contribution in [-0.4, -0.2) is 47.3 Å². The van der Waals surface area contributed by atoms with Gasteiger partial charge in [-0.2, -0.15) is 10.5 Å². The molecule has 0 aliphatic heterocycles. The lowest BCUT2D eigenvalue weighted by atomic mass is 10.0. The van der Waals surface area contributed by atoms with Crippen molar-refractivity contribution in [2.75, 3.05) is 37.9 Å². The summed E-state index contributed by atoms with van der Waals surface area (Å²) in [6, 6.07) is 7.44. The van der Waals surface area contributed by atoms with Crippen LogP contribution in [0, 0.1) is 22.7 Å². The first-order valence-corrected chi connectivity index (χ1v) is 9.19. The molecule has 2 rings (SSSR count). The predicted octanol–water partition coefficient (Wildman–Crippen LogP) is 1.97. The minimum absolute atomic E-state index is 0.0192. The average Bonchev–Trinajstić information content (AvgIpc) is 2.69. The maximum Gasteiger partial charge on any atom is 0.143 e. The summed E-state index contributed by atoms with van der Waals surface area (Å²) in [5.41, 5.74) is 6.95. The molecule has 0 fully saturated rings. The smallest absolute Gasteiger partial charge is 0.143 e. The molecule has 0 saturated carbocycles. The molecule has 0 amide bonds. The molecule has 0 atom stereocenters. The summed E-state index contributed by atoms with van der Waals surface area (Å²) in [4.78, 5) is 8.45. The van der Waals surface area contributed by atoms with E-state index < -0.39 is 0 Å². The molecular formula is C18H19N5O3S. The number of aliphatic hydroxyl groups is 1. The van der Waals surface area contributed by atoms with Gasteiger partial charge in [-0.05, 0) is 19.1 Å². The maximum atomic E-state index is 9.61. The van der Waals surface area contributed by atoms with Crippen LogP contribution in [0.1, 0.15) is 18.1 Å². The molecule has 2 heterocycles. The van der Waals surface area contributed by atoms with Gasteiger partial charge in [0.2, 0.25) is 0 Å². The summed E-state index contributed by atoms with van der Waals surface area (Å²) in [5.74, 6) is 0.921. The van der Waals surface area contributed by atoms with Crippen molar-refractivity contribution in [3.05, 3.63) is 29.5 Å². The zero-order valence-electron chi connectivity index (χ0n) is 14.8. The molecule has 27 heavy (non-hydrogen) atoms. The van der Waals surface area contributed by atoms with Crippen molar-refractivity contribution in [3.63, 3.8) is 0 Å². The Bertz CT molecular complexity index is 859. The summed E-state index contributed by atoms with van der Waals surface area (Å²) in [6.45, 7) is 3.32. The van der Waals surface area contributed by atoms with E-state index in [0.717, 1.165) is 0 Å². The van der Waals surface area contributed by atoms with Gasteiger partial charge in [0.25, 0.3) is 0 Å². The molecule has 0 unspecified atom stereocenters. The lowest BCUT2D eigenvalue weighted by Crippen LogP contribution is -2.07. The molecule has 9 heteroatoms. The van der Waals surface area contributed by atoms with E-state index in [4.69, 9.17) is 20.3 Å². The number of aliphatic hydroxyl groups excluding tert-OH is 1. The fourth-order valence-electron chi connectivity index (χ4n) is 2.28. The van der Waals surface area contributed by atoms with E-state index in [0.29, 0.717) is 47.6 Å². The van der Waals surface area contributed by atoms with Crippen molar-refractivity contribution >= 4 is 17.6 Å². The SMILES string of the molecule is CCOCCOc1ccc(-c2c(C#N)c(N)nc(SCCO)c2C#N)nc1. The average molecular weight is 385 g/mol. The summed E-state index contributed by atoms with van der Waals surface area (Å²) in [7, 11) is 0. The quantitative estimate of drug-likeness (QED) is 0.490. The summed E-state index contributed by atoms with van der Waals surface area (Å²) in [6.07, 6.45) is 1.51. The molecule has 0 aliphatic carbocycles. The number of aromatic nitrogens is 2. The fourth-order valence-corrected chi connectivity index (χ4v) is 3.02. The Kier molecular flexibility index (Phi) is 7.83. The number of pyridine rings is 2. The second-order valence-corrected chi connectivity index (χ2v) is 6.23. The van der Waals surface area contributed by atoms with Gasteiger partial charge in [-0.25, -0.2) is 4.98 Å². The van der Waals surface area contributed by atoms with Crippen LogP contribution in [0.2, 0.25) is 0 Å². The van der Waals surface area contributed by atoms with E-state index in [2.05, 4.69) is 16.0 Å². The number of nitrogens with zero attached hydrogens (tertiary/aromatic N) is 4. The monoisotopic (exact) mass is 385 g/mol. The van der Waals surface area contributed by atoms with Gasteiger partial charge in [0.1, 0.15) is 40.9 Å². The number of rotatable bonds is 9. The molecule has 0 aromatic carbocycles. The van der Waals surface area contributed by atoms with Gasteiger partial charge in [0, 0.05) is 17.9 Å². The Morgan fingerprint density at radius 1 is 1.22 bits per heavy atom. The van der Waals surface area contributed by atoms with Crippen molar-refractivity contribution in [2.45, 2.75) is 11.9 Å². The van der Waals surface area contributed by atoms with Crippen molar-refractivity contribution in [1.82, 2.24) is 9.97 Å². The minimum atomic E-state index is -0.0709. The highest BCUT2D eigenvalue weighted by Gasteiger charge is 2.21. The van der Waals surface area contributed by atoms with Crippen LogP contribution < -0.4 is 10.5 Å². The molecule has 0 radical (unpaired) electrons. The van der Waals surface area contributed by atoms with Crippen molar-refractivity contribution in [3.8, 4) is 29.1 Å². The van der Waals surface area contributed by atoms with Gasteiger partial charge in [0.15, 0.2) is 0 Å². The standard InChI is InChI=1S/C18H19N5O3S/c1-2-25-6-7-26-12-3-4-15(22-11-12)16-13(9-19)17(21)23-18(14(16)10-20)27-8-5-24/h3-4,11,24H,2,5-8H2,1H3,(H2,21,23). The number of nitriles is 2. The van der Waals surface area contributed by atoms with Gasteiger partial charge >= 0.3 is 0 Å². The number of nitrogen functional groups attached to an aromatic ring is 1. The lowest BCUT2D eigenvalue weighted by molar-refractivity contribution is 0.110. The molecule has 0 spiro atoms. The third-order valence-electron chi connectivity index (χ3n) is 3.44. The normalized spacial score (nSPS) is 10.2. The number of hydrogen-bond acceptors (Lipinski definition) is 9. The van der Waals surface area contributed by atoms with Crippen LogP contribution >= 0.6 is 11.8 Å². The van der Waals surface area contributed by atoms with E-state index in [1.54, 1.807) is 12.1 Å². The molecule has 2 aromatic heterocycles. The third-order valence-corrected chi connectivity index (χ3v) is 4.39. The minimum Gasteiger partial charge on any atom is -0.490 e. The second-order valence-electron chi connectivity index (χ2n) is 5.15. The highest BCUT2D eigenvalue weighted by atomic mass is 32.2. The van der Waals surface area contributed by atoms with Crippen molar-refractivity contribution in [1.29, 1.82) is 10.5 Å². The largest absolute Gasteiger partial charge is 0.490 e. The number of thioether (sulfide) groups is 1. The molecule has 3 N–H and O–H groups in total. The lowest BCUT2D eigenvalue weighted by Gasteiger charge is -2.12.